The summed E-state index contributed by atoms with van der Waals surface area (Å²) in [5.74, 6) is -2.87. The number of carboxylic acids is 3. The van der Waals surface area contributed by atoms with Gasteiger partial charge in [0.05, 0.1) is 16.7 Å². The molecule has 0 saturated heterocycles. The maximum Gasteiger partial charge on any atom is 0.335 e. The average Bonchev–Trinajstić information content (AvgIpc) is 2.95. The van der Waals surface area contributed by atoms with Crippen molar-refractivity contribution in [1.29, 1.82) is 0 Å². The average molecular weight is 519 g/mol. The molecule has 3 N–H and O–H groups in total. The van der Waals surface area contributed by atoms with Gasteiger partial charge in [-0.1, -0.05) is 91.1 Å². The third-order valence-electron chi connectivity index (χ3n) is 6.30. The zero-order valence-corrected chi connectivity index (χ0v) is 20.8. The minimum Gasteiger partial charge on any atom is -0.478 e. The number of allylic oxidation sites excluding steroid dienone is 7. The summed E-state index contributed by atoms with van der Waals surface area (Å²) in [6, 6.07) is 20.0. The first-order valence-electron chi connectivity index (χ1n) is 12.2. The van der Waals surface area contributed by atoms with Crippen LogP contribution in [0.4, 0.5) is 0 Å². The summed E-state index contributed by atoms with van der Waals surface area (Å²) in [4.78, 5) is 33.3. The zero-order valence-electron chi connectivity index (χ0n) is 20.8. The Morgan fingerprint density at radius 1 is 0.513 bits per heavy atom. The first-order valence-corrected chi connectivity index (χ1v) is 12.2. The molecule has 3 aromatic carbocycles. The van der Waals surface area contributed by atoms with Crippen LogP contribution in [0.2, 0.25) is 0 Å². The summed E-state index contributed by atoms with van der Waals surface area (Å²) in [7, 11) is 0. The first kappa shape index (κ1) is 26.8. The van der Waals surface area contributed by atoms with E-state index in [0.717, 1.165) is 22.3 Å². The van der Waals surface area contributed by atoms with E-state index in [-0.39, 0.29) is 28.5 Å². The lowest BCUT2D eigenvalue weighted by Crippen LogP contribution is -2.09. The minimum atomic E-state index is -0.971. The highest BCUT2D eigenvalue weighted by atomic mass is 16.4. The molecule has 2 atom stereocenters. The third kappa shape index (κ3) is 7.40. The van der Waals surface area contributed by atoms with Crippen LogP contribution in [0, 0.1) is 11.8 Å². The monoisotopic (exact) mass is 518 g/mol. The van der Waals surface area contributed by atoms with Gasteiger partial charge in [-0.25, -0.2) is 14.4 Å². The number of benzene rings is 3. The maximum absolute atomic E-state index is 11.1. The summed E-state index contributed by atoms with van der Waals surface area (Å²) in [6.07, 6.45) is 18.2. The second-order valence-corrected chi connectivity index (χ2v) is 9.01. The van der Waals surface area contributed by atoms with Crippen LogP contribution >= 0.6 is 0 Å². The number of rotatable bonds is 9. The van der Waals surface area contributed by atoms with Gasteiger partial charge >= 0.3 is 17.9 Å². The predicted octanol–water partition coefficient (Wildman–Crippen LogP) is 6.95. The van der Waals surface area contributed by atoms with Crippen molar-refractivity contribution in [2.45, 2.75) is 0 Å². The smallest absolute Gasteiger partial charge is 0.335 e. The lowest BCUT2D eigenvalue weighted by molar-refractivity contribution is 0.0686. The van der Waals surface area contributed by atoms with E-state index in [1.54, 1.807) is 72.8 Å². The van der Waals surface area contributed by atoms with Crippen molar-refractivity contribution in [2.24, 2.45) is 11.8 Å². The number of hydrogen-bond acceptors (Lipinski definition) is 3. The summed E-state index contributed by atoms with van der Waals surface area (Å²) >= 11 is 0. The van der Waals surface area contributed by atoms with Crippen LogP contribution in [-0.2, 0) is 0 Å². The molecule has 0 bridgehead atoms. The van der Waals surface area contributed by atoms with Gasteiger partial charge in [0.2, 0.25) is 0 Å². The van der Waals surface area contributed by atoms with Crippen LogP contribution in [-0.4, -0.2) is 33.2 Å². The Labute approximate surface area is 225 Å². The Bertz CT molecular complexity index is 1500. The number of aromatic carboxylic acids is 3. The zero-order chi connectivity index (χ0) is 27.8. The molecule has 6 heteroatoms. The van der Waals surface area contributed by atoms with Crippen molar-refractivity contribution in [3.63, 3.8) is 0 Å². The van der Waals surface area contributed by atoms with E-state index in [4.69, 9.17) is 15.3 Å². The summed E-state index contributed by atoms with van der Waals surface area (Å²) < 4.78 is 0. The molecule has 3 aromatic rings. The highest BCUT2D eigenvalue weighted by Gasteiger charge is 2.16. The second-order valence-electron chi connectivity index (χ2n) is 9.01. The fraction of sp³-hybridized carbons (Fsp3) is 0.0606. The molecule has 0 radical (unpaired) electrons. The maximum atomic E-state index is 11.1. The van der Waals surface area contributed by atoms with Gasteiger partial charge in [-0.15, -0.1) is 0 Å². The Morgan fingerprint density at radius 2 is 0.897 bits per heavy atom. The fourth-order valence-electron chi connectivity index (χ4n) is 4.07. The molecule has 1 aliphatic rings. The molecule has 6 nitrogen and oxygen atoms in total. The lowest BCUT2D eigenvalue weighted by Gasteiger charge is -2.20. The van der Waals surface area contributed by atoms with E-state index < -0.39 is 17.9 Å². The molecule has 4 rings (SSSR count). The van der Waals surface area contributed by atoms with Crippen molar-refractivity contribution < 1.29 is 29.7 Å². The van der Waals surface area contributed by atoms with Crippen LogP contribution in [0.5, 0.6) is 0 Å². The molecule has 0 saturated carbocycles. The Morgan fingerprint density at radius 3 is 1.31 bits per heavy atom. The Hall–Kier alpha value is -5.23. The van der Waals surface area contributed by atoms with Crippen molar-refractivity contribution in [3.05, 3.63) is 148 Å². The van der Waals surface area contributed by atoms with Gasteiger partial charge in [0.1, 0.15) is 0 Å². The van der Waals surface area contributed by atoms with Crippen LogP contribution < -0.4 is 0 Å². The molecule has 0 spiro atoms. The molecular formula is C33H26O6. The highest BCUT2D eigenvalue weighted by Crippen LogP contribution is 2.28. The molecule has 0 heterocycles. The molecule has 2 unspecified atom stereocenters. The summed E-state index contributed by atoms with van der Waals surface area (Å²) in [5.41, 5.74) is 4.33. The molecule has 0 aromatic heterocycles. The standard InChI is InChI=1S/C33H26O6/c34-31(35)27-14-4-22(5-15-27)1-2-25-11-13-26(12-3-23-6-16-28(17-7-23)32(36)37)30(21-25)20-10-24-8-18-29(19-9-24)33(38)39/h1-21,26,30H,(H,34,35)(H,36,37)(H,38,39)/b2-1+,12-3+,20-10+. The van der Waals surface area contributed by atoms with E-state index in [9.17, 15) is 14.4 Å². The highest BCUT2D eigenvalue weighted by molar-refractivity contribution is 5.88. The number of carboxylic acid groups (broad SMARTS) is 3. The topological polar surface area (TPSA) is 112 Å². The SMILES string of the molecule is O=C(O)c1ccc(/C=C/C2=CC(/C=C/c3ccc(C(=O)O)cc3)C(/C=C/c3ccc(C(=O)O)cc3)C=C2)cc1. The lowest BCUT2D eigenvalue weighted by atomic mass is 9.84. The quantitative estimate of drug-likeness (QED) is 0.283. The van der Waals surface area contributed by atoms with E-state index in [1.165, 1.54) is 0 Å². The van der Waals surface area contributed by atoms with Gasteiger partial charge in [-0.3, -0.25) is 0 Å². The Kier molecular flexibility index (Phi) is 8.49. The van der Waals surface area contributed by atoms with Crippen molar-refractivity contribution in [1.82, 2.24) is 0 Å². The molecule has 194 valence electrons. The van der Waals surface area contributed by atoms with E-state index in [0.29, 0.717) is 0 Å². The fourth-order valence-corrected chi connectivity index (χ4v) is 4.07. The van der Waals surface area contributed by atoms with Crippen LogP contribution in [0.25, 0.3) is 18.2 Å². The van der Waals surface area contributed by atoms with E-state index >= 15 is 0 Å². The van der Waals surface area contributed by atoms with Crippen molar-refractivity contribution in [2.75, 3.05) is 0 Å². The minimum absolute atomic E-state index is 0.00210. The van der Waals surface area contributed by atoms with Gasteiger partial charge in [-0.05, 0) is 58.7 Å². The molecule has 1 aliphatic carbocycles. The Balaban J connectivity index is 1.56. The second kappa shape index (κ2) is 12.3. The molecule has 0 amide bonds. The summed E-state index contributed by atoms with van der Waals surface area (Å²) in [5, 5.41) is 27.3. The normalized spacial score (nSPS) is 17.1. The van der Waals surface area contributed by atoms with E-state index in [2.05, 4.69) is 24.3 Å². The number of carbonyl (C=O) groups is 3. The first-order chi connectivity index (χ1) is 18.8. The molecular weight excluding hydrogens is 492 g/mol. The van der Waals surface area contributed by atoms with E-state index in [1.807, 2.05) is 30.4 Å². The van der Waals surface area contributed by atoms with Crippen LogP contribution in [0.3, 0.4) is 0 Å². The molecule has 0 fully saturated rings. The van der Waals surface area contributed by atoms with Gasteiger partial charge in [0, 0.05) is 11.8 Å². The third-order valence-corrected chi connectivity index (χ3v) is 6.30. The van der Waals surface area contributed by atoms with Gasteiger partial charge in [0.15, 0.2) is 0 Å². The molecule has 0 aliphatic heterocycles. The van der Waals surface area contributed by atoms with Crippen molar-refractivity contribution in [3.8, 4) is 0 Å². The summed E-state index contributed by atoms with van der Waals surface area (Å²) in [6.45, 7) is 0. The van der Waals surface area contributed by atoms with Gasteiger partial charge in [0.25, 0.3) is 0 Å². The predicted molar refractivity (Wildman–Crippen MR) is 152 cm³/mol. The number of hydrogen-bond donors (Lipinski definition) is 3. The van der Waals surface area contributed by atoms with Crippen LogP contribution in [0.15, 0.2) is 115 Å². The van der Waals surface area contributed by atoms with Crippen LogP contribution in [0.1, 0.15) is 47.8 Å². The largest absolute Gasteiger partial charge is 0.478 e. The van der Waals surface area contributed by atoms with Gasteiger partial charge in [-0.2, -0.15) is 0 Å². The van der Waals surface area contributed by atoms with Crippen molar-refractivity contribution >= 4 is 36.1 Å². The van der Waals surface area contributed by atoms with Gasteiger partial charge < -0.3 is 15.3 Å². The molecule has 39 heavy (non-hydrogen) atoms.